The molecule has 110 valence electrons. The molecule has 0 bridgehead atoms. The first kappa shape index (κ1) is 14.9. The molecule has 0 saturated heterocycles. The van der Waals surface area contributed by atoms with E-state index in [0.29, 0.717) is 4.60 Å². The molecule has 9 nitrogen and oxygen atoms in total. The Morgan fingerprint density at radius 1 is 1.57 bits per heavy atom. The van der Waals surface area contributed by atoms with Crippen molar-refractivity contribution in [3.63, 3.8) is 0 Å². The first-order chi connectivity index (χ1) is 9.95. The molecular formula is C11H10BrN5O4. The molecule has 0 saturated carbocycles. The van der Waals surface area contributed by atoms with Crippen LogP contribution in [-0.4, -0.2) is 32.3 Å². The Kier molecular flexibility index (Phi) is 4.17. The van der Waals surface area contributed by atoms with Gasteiger partial charge in [0.15, 0.2) is 0 Å². The highest BCUT2D eigenvalue weighted by Crippen LogP contribution is 2.27. The fraction of sp³-hybridized carbons (Fsp3) is 0.182. The van der Waals surface area contributed by atoms with E-state index in [2.05, 4.69) is 26.0 Å². The first-order valence-electron chi connectivity index (χ1n) is 5.76. The van der Waals surface area contributed by atoms with Crippen molar-refractivity contribution in [2.45, 2.75) is 6.92 Å². The van der Waals surface area contributed by atoms with Gasteiger partial charge in [-0.2, -0.15) is 5.10 Å². The zero-order valence-corrected chi connectivity index (χ0v) is 12.4. The number of ether oxygens (including phenoxy) is 1. The Bertz CT molecular complexity index is 715. The van der Waals surface area contributed by atoms with Crippen LogP contribution in [-0.2, 0) is 4.74 Å². The predicted octanol–water partition coefficient (Wildman–Crippen LogP) is 1.70. The number of nitro groups is 1. The van der Waals surface area contributed by atoms with Crippen molar-refractivity contribution in [3.05, 3.63) is 38.7 Å². The van der Waals surface area contributed by atoms with Gasteiger partial charge in [-0.25, -0.2) is 14.5 Å². The van der Waals surface area contributed by atoms with Gasteiger partial charge in [0, 0.05) is 6.07 Å². The summed E-state index contributed by atoms with van der Waals surface area (Å²) in [6.45, 7) is 1.84. The number of pyridine rings is 1. The van der Waals surface area contributed by atoms with Gasteiger partial charge in [0.25, 0.3) is 0 Å². The average molecular weight is 356 g/mol. The molecule has 0 aliphatic carbocycles. The Labute approximate surface area is 127 Å². The molecule has 10 heteroatoms. The van der Waals surface area contributed by atoms with E-state index in [1.807, 2.05) is 0 Å². The van der Waals surface area contributed by atoms with Crippen molar-refractivity contribution in [1.29, 1.82) is 0 Å². The Morgan fingerprint density at radius 3 is 2.90 bits per heavy atom. The van der Waals surface area contributed by atoms with Crippen LogP contribution < -0.4 is 5.73 Å². The summed E-state index contributed by atoms with van der Waals surface area (Å²) in [6, 6.07) is 1.39. The van der Waals surface area contributed by atoms with Gasteiger partial charge >= 0.3 is 11.7 Å². The van der Waals surface area contributed by atoms with Crippen LogP contribution in [0.25, 0.3) is 5.69 Å². The van der Waals surface area contributed by atoms with E-state index in [4.69, 9.17) is 10.5 Å². The van der Waals surface area contributed by atoms with E-state index in [-0.39, 0.29) is 29.4 Å². The van der Waals surface area contributed by atoms with Crippen molar-refractivity contribution in [3.8, 4) is 5.69 Å². The third kappa shape index (κ3) is 2.84. The number of anilines is 1. The molecule has 0 fully saturated rings. The van der Waals surface area contributed by atoms with Gasteiger partial charge in [0.2, 0.25) is 0 Å². The Hall–Kier alpha value is -2.49. The number of halogens is 1. The molecule has 2 N–H and O–H groups in total. The highest BCUT2D eigenvalue weighted by atomic mass is 79.9. The number of esters is 1. The Balaban J connectivity index is 2.56. The monoisotopic (exact) mass is 355 g/mol. The van der Waals surface area contributed by atoms with Gasteiger partial charge in [-0.1, -0.05) is 0 Å². The van der Waals surface area contributed by atoms with Gasteiger partial charge in [-0.3, -0.25) is 10.1 Å². The van der Waals surface area contributed by atoms with Crippen molar-refractivity contribution < 1.29 is 14.5 Å². The Morgan fingerprint density at radius 2 is 2.29 bits per heavy atom. The van der Waals surface area contributed by atoms with E-state index >= 15 is 0 Å². The molecule has 21 heavy (non-hydrogen) atoms. The standard InChI is InChI=1S/C11H10BrN5O4/c1-2-21-11(18)6-4-15-16(10(6)13)7-3-9(12)14-5-8(7)17(19)20/h3-5H,2,13H2,1H3. The number of nitrogen functional groups attached to an aromatic ring is 1. The van der Waals surface area contributed by atoms with Crippen molar-refractivity contribution >= 4 is 33.4 Å². The molecular weight excluding hydrogens is 346 g/mol. The molecule has 2 rings (SSSR count). The van der Waals surface area contributed by atoms with Crippen molar-refractivity contribution in [2.24, 2.45) is 0 Å². The molecule has 0 aliphatic heterocycles. The van der Waals surface area contributed by atoms with Crippen LogP contribution in [0.3, 0.4) is 0 Å². The third-order valence-electron chi connectivity index (χ3n) is 2.56. The zero-order valence-electron chi connectivity index (χ0n) is 10.8. The van der Waals surface area contributed by atoms with Crippen LogP contribution in [0.2, 0.25) is 0 Å². The summed E-state index contributed by atoms with van der Waals surface area (Å²) in [5.74, 6) is -0.688. The lowest BCUT2D eigenvalue weighted by Crippen LogP contribution is -2.10. The molecule has 0 radical (unpaired) electrons. The number of nitrogens with two attached hydrogens (primary N) is 1. The van der Waals surface area contributed by atoms with E-state index < -0.39 is 10.9 Å². The fourth-order valence-corrected chi connectivity index (χ4v) is 1.96. The van der Waals surface area contributed by atoms with Crippen LogP contribution in [0.4, 0.5) is 11.5 Å². The summed E-state index contributed by atoms with van der Waals surface area (Å²) in [6.07, 6.45) is 2.27. The molecule has 0 atom stereocenters. The number of nitrogens with zero attached hydrogens (tertiary/aromatic N) is 4. The van der Waals surface area contributed by atoms with Gasteiger partial charge in [-0.15, -0.1) is 0 Å². The lowest BCUT2D eigenvalue weighted by Gasteiger charge is -2.06. The van der Waals surface area contributed by atoms with Crippen molar-refractivity contribution in [1.82, 2.24) is 14.8 Å². The van der Waals surface area contributed by atoms with Gasteiger partial charge in [0.1, 0.15) is 27.9 Å². The number of rotatable bonds is 4. The van der Waals surface area contributed by atoms with Crippen LogP contribution in [0.15, 0.2) is 23.1 Å². The number of hydrogen-bond acceptors (Lipinski definition) is 7. The molecule has 0 amide bonds. The van der Waals surface area contributed by atoms with E-state index in [0.717, 1.165) is 10.9 Å². The maximum atomic E-state index is 11.7. The lowest BCUT2D eigenvalue weighted by atomic mass is 10.3. The maximum Gasteiger partial charge on any atom is 0.343 e. The zero-order chi connectivity index (χ0) is 15.6. The molecule has 2 aromatic rings. The minimum Gasteiger partial charge on any atom is -0.462 e. The molecule has 0 unspecified atom stereocenters. The SMILES string of the molecule is CCOC(=O)c1cnn(-c2cc(Br)ncc2[N+](=O)[O-])c1N. The molecule has 2 aromatic heterocycles. The molecule has 0 aliphatic rings. The quantitative estimate of drug-likeness (QED) is 0.382. The topological polar surface area (TPSA) is 126 Å². The van der Waals surface area contributed by atoms with Crippen LogP contribution in [0.5, 0.6) is 0 Å². The van der Waals surface area contributed by atoms with Gasteiger partial charge in [0.05, 0.1) is 17.7 Å². The maximum absolute atomic E-state index is 11.7. The second kappa shape index (κ2) is 5.87. The van der Waals surface area contributed by atoms with Crippen molar-refractivity contribution in [2.75, 3.05) is 12.3 Å². The average Bonchev–Trinajstić information content (AvgIpc) is 2.80. The largest absolute Gasteiger partial charge is 0.462 e. The minimum atomic E-state index is -0.642. The summed E-state index contributed by atoms with van der Waals surface area (Å²) in [5, 5.41) is 14.9. The second-order valence-corrected chi connectivity index (χ2v) is 4.64. The normalized spacial score (nSPS) is 10.4. The number of hydrogen-bond donors (Lipinski definition) is 1. The molecule has 0 spiro atoms. The first-order valence-corrected chi connectivity index (χ1v) is 6.56. The van der Waals surface area contributed by atoms with Crippen LogP contribution in [0.1, 0.15) is 17.3 Å². The third-order valence-corrected chi connectivity index (χ3v) is 2.99. The van der Waals surface area contributed by atoms with Gasteiger partial charge in [-0.05, 0) is 22.9 Å². The smallest absolute Gasteiger partial charge is 0.343 e. The number of carbonyl (C=O) groups is 1. The van der Waals surface area contributed by atoms with E-state index in [1.165, 1.54) is 12.3 Å². The minimum absolute atomic E-state index is 0.0408. The highest BCUT2D eigenvalue weighted by molar-refractivity contribution is 9.10. The van der Waals surface area contributed by atoms with Crippen LogP contribution in [0, 0.1) is 10.1 Å². The summed E-state index contributed by atoms with van der Waals surface area (Å²) in [7, 11) is 0. The highest BCUT2D eigenvalue weighted by Gasteiger charge is 2.23. The summed E-state index contributed by atoms with van der Waals surface area (Å²) >= 11 is 3.12. The van der Waals surface area contributed by atoms with E-state index in [1.54, 1.807) is 6.92 Å². The summed E-state index contributed by atoms with van der Waals surface area (Å²) < 4.78 is 6.30. The number of aromatic nitrogens is 3. The number of carbonyl (C=O) groups excluding carboxylic acids is 1. The van der Waals surface area contributed by atoms with E-state index in [9.17, 15) is 14.9 Å². The lowest BCUT2D eigenvalue weighted by molar-refractivity contribution is -0.385. The fourth-order valence-electron chi connectivity index (χ4n) is 1.64. The predicted molar refractivity (Wildman–Crippen MR) is 76.1 cm³/mol. The molecule has 0 aromatic carbocycles. The summed E-state index contributed by atoms with van der Waals surface area (Å²) in [4.78, 5) is 25.9. The second-order valence-electron chi connectivity index (χ2n) is 3.83. The summed E-state index contributed by atoms with van der Waals surface area (Å²) in [5.41, 5.74) is 5.67. The molecule has 2 heterocycles. The van der Waals surface area contributed by atoms with Crippen LogP contribution >= 0.6 is 15.9 Å². The van der Waals surface area contributed by atoms with Gasteiger partial charge < -0.3 is 10.5 Å².